The summed E-state index contributed by atoms with van der Waals surface area (Å²) in [4.78, 5) is 25.9. The Bertz CT molecular complexity index is 552. The van der Waals surface area contributed by atoms with Gasteiger partial charge >= 0.3 is 0 Å². The van der Waals surface area contributed by atoms with E-state index in [9.17, 15) is 9.59 Å². The maximum atomic E-state index is 12.2. The Labute approximate surface area is 130 Å². The Kier molecular flexibility index (Phi) is 5.51. The van der Waals surface area contributed by atoms with Gasteiger partial charge in [-0.05, 0) is 51.6 Å². The Morgan fingerprint density at radius 1 is 1.27 bits per heavy atom. The Balaban J connectivity index is 2.09. The fourth-order valence-electron chi connectivity index (χ4n) is 2.35. The van der Waals surface area contributed by atoms with Crippen molar-refractivity contribution in [1.82, 2.24) is 4.90 Å². The van der Waals surface area contributed by atoms with Crippen LogP contribution in [0.3, 0.4) is 0 Å². The molecular formula is C16H23N3O3. The van der Waals surface area contributed by atoms with Crippen molar-refractivity contribution >= 4 is 23.2 Å². The molecule has 0 aromatic heterocycles. The normalized spacial score (nSPS) is 17.5. The standard InChI is InChI=1S/C16H23N3O3/c1-11-6-7-12(17-15(20)10-19(2)3)13(9-11)18-16(21)14-5-4-8-22-14/h6-7,9,14H,4-5,8,10H2,1-3H3,(H,17,20)(H,18,21)/t14-/m1/s1. The van der Waals surface area contributed by atoms with Gasteiger partial charge < -0.3 is 20.3 Å². The first kappa shape index (κ1) is 16.5. The van der Waals surface area contributed by atoms with E-state index in [0.717, 1.165) is 18.4 Å². The number of ether oxygens (including phenoxy) is 1. The van der Waals surface area contributed by atoms with E-state index < -0.39 is 6.10 Å². The molecule has 2 amide bonds. The van der Waals surface area contributed by atoms with Crippen LogP contribution >= 0.6 is 0 Å². The van der Waals surface area contributed by atoms with Gasteiger partial charge in [-0.3, -0.25) is 9.59 Å². The summed E-state index contributed by atoms with van der Waals surface area (Å²) in [5.41, 5.74) is 2.21. The van der Waals surface area contributed by atoms with E-state index in [1.165, 1.54) is 0 Å². The molecule has 6 nitrogen and oxygen atoms in total. The van der Waals surface area contributed by atoms with Crippen molar-refractivity contribution in [2.24, 2.45) is 0 Å². The quantitative estimate of drug-likeness (QED) is 0.867. The number of hydrogen-bond acceptors (Lipinski definition) is 4. The topological polar surface area (TPSA) is 70.7 Å². The number of nitrogens with zero attached hydrogens (tertiary/aromatic N) is 1. The summed E-state index contributed by atoms with van der Waals surface area (Å²) in [6.45, 7) is 2.85. The van der Waals surface area contributed by atoms with Crippen LogP contribution in [-0.4, -0.2) is 50.1 Å². The minimum Gasteiger partial charge on any atom is -0.368 e. The number of aryl methyl sites for hydroxylation is 1. The first-order chi connectivity index (χ1) is 10.5. The molecule has 2 N–H and O–H groups in total. The fraction of sp³-hybridized carbons (Fsp3) is 0.500. The number of nitrogens with one attached hydrogen (secondary N) is 2. The molecule has 1 aliphatic rings. The van der Waals surface area contributed by atoms with Crippen molar-refractivity contribution in [1.29, 1.82) is 0 Å². The summed E-state index contributed by atoms with van der Waals surface area (Å²) in [5, 5.41) is 5.69. The number of hydrogen-bond donors (Lipinski definition) is 2. The zero-order valence-electron chi connectivity index (χ0n) is 13.3. The van der Waals surface area contributed by atoms with Crippen molar-refractivity contribution < 1.29 is 14.3 Å². The van der Waals surface area contributed by atoms with E-state index in [4.69, 9.17) is 4.74 Å². The Morgan fingerprint density at radius 2 is 2.05 bits per heavy atom. The van der Waals surface area contributed by atoms with E-state index in [0.29, 0.717) is 18.0 Å². The third-order valence-corrected chi connectivity index (χ3v) is 3.39. The second kappa shape index (κ2) is 7.38. The number of amides is 2. The van der Waals surface area contributed by atoms with Crippen LogP contribution in [0.4, 0.5) is 11.4 Å². The highest BCUT2D eigenvalue weighted by atomic mass is 16.5. The zero-order valence-corrected chi connectivity index (χ0v) is 13.3. The van der Waals surface area contributed by atoms with Gasteiger partial charge in [-0.15, -0.1) is 0 Å². The summed E-state index contributed by atoms with van der Waals surface area (Å²) in [6, 6.07) is 5.54. The number of anilines is 2. The van der Waals surface area contributed by atoms with Gasteiger partial charge in [0.1, 0.15) is 6.10 Å². The first-order valence-corrected chi connectivity index (χ1v) is 7.43. The molecule has 2 rings (SSSR count). The van der Waals surface area contributed by atoms with Crippen LogP contribution in [0.15, 0.2) is 18.2 Å². The molecule has 0 aliphatic carbocycles. The molecular weight excluding hydrogens is 282 g/mol. The summed E-state index contributed by atoms with van der Waals surface area (Å²) < 4.78 is 5.38. The molecule has 22 heavy (non-hydrogen) atoms. The van der Waals surface area contributed by atoms with E-state index >= 15 is 0 Å². The zero-order chi connectivity index (χ0) is 16.1. The Morgan fingerprint density at radius 3 is 2.68 bits per heavy atom. The molecule has 0 spiro atoms. The molecule has 1 aromatic rings. The smallest absolute Gasteiger partial charge is 0.253 e. The van der Waals surface area contributed by atoms with Crippen LogP contribution in [0, 0.1) is 6.92 Å². The van der Waals surface area contributed by atoms with Gasteiger partial charge in [0.2, 0.25) is 5.91 Å². The Hall–Kier alpha value is -1.92. The van der Waals surface area contributed by atoms with Crippen LogP contribution < -0.4 is 10.6 Å². The minimum absolute atomic E-state index is 0.124. The maximum absolute atomic E-state index is 12.2. The predicted octanol–water partition coefficient (Wildman–Crippen LogP) is 1.61. The second-order valence-electron chi connectivity index (χ2n) is 5.83. The van der Waals surface area contributed by atoms with Gasteiger partial charge in [-0.2, -0.15) is 0 Å². The molecule has 1 aliphatic heterocycles. The van der Waals surface area contributed by atoms with Crippen LogP contribution in [0.25, 0.3) is 0 Å². The lowest BCUT2D eigenvalue weighted by Crippen LogP contribution is -2.29. The molecule has 1 saturated heterocycles. The maximum Gasteiger partial charge on any atom is 0.253 e. The van der Waals surface area contributed by atoms with E-state index in [1.54, 1.807) is 11.0 Å². The number of carbonyl (C=O) groups excluding carboxylic acids is 2. The lowest BCUT2D eigenvalue weighted by atomic mass is 10.1. The SMILES string of the molecule is Cc1ccc(NC(=O)CN(C)C)c(NC(=O)[C@H]2CCCO2)c1. The van der Waals surface area contributed by atoms with Crippen molar-refractivity contribution in [2.45, 2.75) is 25.9 Å². The van der Waals surface area contributed by atoms with Crippen molar-refractivity contribution in [3.8, 4) is 0 Å². The molecule has 0 unspecified atom stereocenters. The monoisotopic (exact) mass is 305 g/mol. The number of carbonyl (C=O) groups is 2. The average Bonchev–Trinajstić information content (AvgIpc) is 2.95. The van der Waals surface area contributed by atoms with Crippen LogP contribution in [0.2, 0.25) is 0 Å². The molecule has 1 fully saturated rings. The minimum atomic E-state index is -0.397. The molecule has 0 radical (unpaired) electrons. The van der Waals surface area contributed by atoms with Gasteiger partial charge in [0.25, 0.3) is 5.91 Å². The molecule has 1 atom stereocenters. The van der Waals surface area contributed by atoms with Crippen LogP contribution in [-0.2, 0) is 14.3 Å². The van der Waals surface area contributed by atoms with Crippen LogP contribution in [0.5, 0.6) is 0 Å². The first-order valence-electron chi connectivity index (χ1n) is 7.43. The van der Waals surface area contributed by atoms with Crippen molar-refractivity contribution in [3.63, 3.8) is 0 Å². The third kappa shape index (κ3) is 4.54. The lowest BCUT2D eigenvalue weighted by molar-refractivity contribution is -0.124. The molecule has 1 heterocycles. The van der Waals surface area contributed by atoms with E-state index in [2.05, 4.69) is 10.6 Å². The summed E-state index contributed by atoms with van der Waals surface area (Å²) >= 11 is 0. The molecule has 0 bridgehead atoms. The highest BCUT2D eigenvalue weighted by Crippen LogP contribution is 2.24. The largest absolute Gasteiger partial charge is 0.368 e. The number of likely N-dealkylation sites (N-methyl/N-ethyl adjacent to an activating group) is 1. The molecule has 1 aromatic carbocycles. The van der Waals surface area contributed by atoms with E-state index in [-0.39, 0.29) is 18.4 Å². The number of benzene rings is 1. The summed E-state index contributed by atoms with van der Waals surface area (Å²) in [5.74, 6) is -0.285. The second-order valence-corrected chi connectivity index (χ2v) is 5.83. The lowest BCUT2D eigenvalue weighted by Gasteiger charge is -2.16. The summed E-state index contributed by atoms with van der Waals surface area (Å²) in [6.07, 6.45) is 1.24. The van der Waals surface area contributed by atoms with Crippen molar-refractivity contribution in [3.05, 3.63) is 23.8 Å². The van der Waals surface area contributed by atoms with Gasteiger partial charge in [0.15, 0.2) is 0 Å². The molecule has 120 valence electrons. The van der Waals surface area contributed by atoms with E-state index in [1.807, 2.05) is 33.2 Å². The van der Waals surface area contributed by atoms with Gasteiger partial charge in [0.05, 0.1) is 17.9 Å². The highest BCUT2D eigenvalue weighted by Gasteiger charge is 2.24. The third-order valence-electron chi connectivity index (χ3n) is 3.39. The van der Waals surface area contributed by atoms with Gasteiger partial charge in [0, 0.05) is 6.61 Å². The predicted molar refractivity (Wildman–Crippen MR) is 86.0 cm³/mol. The summed E-state index contributed by atoms with van der Waals surface area (Å²) in [7, 11) is 3.66. The molecule has 0 saturated carbocycles. The molecule has 6 heteroatoms. The average molecular weight is 305 g/mol. The van der Waals surface area contributed by atoms with Crippen molar-refractivity contribution in [2.75, 3.05) is 37.9 Å². The highest BCUT2D eigenvalue weighted by molar-refractivity contribution is 6.01. The van der Waals surface area contributed by atoms with Gasteiger partial charge in [-0.25, -0.2) is 0 Å². The fourth-order valence-corrected chi connectivity index (χ4v) is 2.35. The van der Waals surface area contributed by atoms with Crippen LogP contribution in [0.1, 0.15) is 18.4 Å². The van der Waals surface area contributed by atoms with Gasteiger partial charge in [-0.1, -0.05) is 6.07 Å². The number of rotatable bonds is 5.